The molecule has 0 aromatic heterocycles. The second-order valence-corrected chi connectivity index (χ2v) is 15.0. The number of hydrogen-bond acceptors (Lipinski definition) is 4. The van der Waals surface area contributed by atoms with Crippen molar-refractivity contribution in [1.82, 2.24) is 10.2 Å². The standard InChI is InChI=1S/C36H39Cl2N3O4S/c1-25-15-18-30(19-16-25)46(44,45)41(29-17-20-31(37)32(38)22-29)24-34(42)40(23-28-14-10-9-11-26(28)2)33(35(43)39-36(3,4)5)21-27-12-7-6-8-13-27/h6-20,22,33H,21,23-24H2,1-5H3,(H,39,43)/t33-/m0/s1. The molecule has 7 nitrogen and oxygen atoms in total. The predicted molar refractivity (Wildman–Crippen MR) is 186 cm³/mol. The second-order valence-electron chi connectivity index (χ2n) is 12.3. The summed E-state index contributed by atoms with van der Waals surface area (Å²) < 4.78 is 29.4. The van der Waals surface area contributed by atoms with Gasteiger partial charge in [-0.2, -0.15) is 0 Å². The topological polar surface area (TPSA) is 86.8 Å². The molecule has 0 aliphatic rings. The molecule has 0 radical (unpaired) electrons. The van der Waals surface area contributed by atoms with E-state index in [1.807, 2.05) is 89.2 Å². The maximum absolute atomic E-state index is 14.6. The Hall–Kier alpha value is -3.85. The molecule has 1 atom stereocenters. The Labute approximate surface area is 282 Å². The average Bonchev–Trinajstić information content (AvgIpc) is 2.99. The van der Waals surface area contributed by atoms with Gasteiger partial charge in [-0.25, -0.2) is 8.42 Å². The number of rotatable bonds is 11. The fourth-order valence-electron chi connectivity index (χ4n) is 4.98. The van der Waals surface area contributed by atoms with Crippen LogP contribution >= 0.6 is 23.2 Å². The zero-order valence-electron chi connectivity index (χ0n) is 26.6. The number of benzene rings is 4. The zero-order chi connectivity index (χ0) is 33.6. The van der Waals surface area contributed by atoms with Crippen LogP contribution in [-0.4, -0.2) is 43.3 Å². The van der Waals surface area contributed by atoms with Crippen LogP contribution in [0.5, 0.6) is 0 Å². The molecule has 4 aromatic carbocycles. The average molecular weight is 681 g/mol. The summed E-state index contributed by atoms with van der Waals surface area (Å²) in [7, 11) is -4.26. The van der Waals surface area contributed by atoms with Crippen LogP contribution in [0.15, 0.2) is 102 Å². The molecule has 0 saturated carbocycles. The van der Waals surface area contributed by atoms with Gasteiger partial charge >= 0.3 is 0 Å². The minimum atomic E-state index is -4.26. The first kappa shape index (κ1) is 35.0. The Morgan fingerprint density at radius 2 is 1.46 bits per heavy atom. The Morgan fingerprint density at radius 3 is 2.07 bits per heavy atom. The van der Waals surface area contributed by atoms with Crippen LogP contribution in [0.4, 0.5) is 5.69 Å². The zero-order valence-corrected chi connectivity index (χ0v) is 29.0. The lowest BCUT2D eigenvalue weighted by molar-refractivity contribution is -0.140. The van der Waals surface area contributed by atoms with Crippen LogP contribution in [0.3, 0.4) is 0 Å². The first-order valence-corrected chi connectivity index (χ1v) is 17.1. The third-order valence-corrected chi connectivity index (χ3v) is 9.98. The molecule has 10 heteroatoms. The van der Waals surface area contributed by atoms with Crippen molar-refractivity contribution in [1.29, 1.82) is 0 Å². The number of nitrogens with zero attached hydrogens (tertiary/aromatic N) is 2. The highest BCUT2D eigenvalue weighted by Gasteiger charge is 2.36. The quantitative estimate of drug-likeness (QED) is 0.179. The molecule has 242 valence electrons. The normalized spacial score (nSPS) is 12.3. The third-order valence-electron chi connectivity index (χ3n) is 7.45. The van der Waals surface area contributed by atoms with Crippen molar-refractivity contribution in [2.24, 2.45) is 0 Å². The van der Waals surface area contributed by atoms with Crippen molar-refractivity contribution in [2.75, 3.05) is 10.8 Å². The molecular weight excluding hydrogens is 641 g/mol. The summed E-state index contributed by atoms with van der Waals surface area (Å²) in [6.07, 6.45) is 0.220. The Balaban J connectivity index is 1.84. The molecule has 0 unspecified atom stereocenters. The number of carbonyl (C=O) groups is 2. The number of hydrogen-bond donors (Lipinski definition) is 1. The number of aryl methyl sites for hydroxylation is 2. The molecule has 2 amide bonds. The van der Waals surface area contributed by atoms with Gasteiger partial charge in [0, 0.05) is 18.5 Å². The van der Waals surface area contributed by atoms with Gasteiger partial charge in [0.1, 0.15) is 12.6 Å². The van der Waals surface area contributed by atoms with Gasteiger partial charge in [-0.05, 0) is 81.6 Å². The molecule has 1 N–H and O–H groups in total. The molecule has 0 aliphatic carbocycles. The van der Waals surface area contributed by atoms with E-state index in [0.717, 1.165) is 26.6 Å². The second kappa shape index (κ2) is 14.7. The first-order valence-electron chi connectivity index (χ1n) is 14.9. The minimum Gasteiger partial charge on any atom is -0.350 e. The van der Waals surface area contributed by atoms with E-state index < -0.39 is 34.1 Å². The summed E-state index contributed by atoms with van der Waals surface area (Å²) in [4.78, 5) is 30.1. The van der Waals surface area contributed by atoms with Crippen LogP contribution < -0.4 is 9.62 Å². The number of amides is 2. The van der Waals surface area contributed by atoms with E-state index in [1.165, 1.54) is 35.2 Å². The highest BCUT2D eigenvalue weighted by Crippen LogP contribution is 2.31. The number of nitrogens with one attached hydrogen (secondary N) is 1. The number of halogens is 2. The summed E-state index contributed by atoms with van der Waals surface area (Å²) in [5.41, 5.74) is 3.09. The van der Waals surface area contributed by atoms with Gasteiger partial charge in [-0.15, -0.1) is 0 Å². The van der Waals surface area contributed by atoms with E-state index >= 15 is 0 Å². The molecule has 4 rings (SSSR count). The van der Waals surface area contributed by atoms with Gasteiger partial charge in [0.25, 0.3) is 10.0 Å². The number of anilines is 1. The van der Waals surface area contributed by atoms with E-state index in [-0.39, 0.29) is 39.5 Å². The van der Waals surface area contributed by atoms with E-state index in [0.29, 0.717) is 0 Å². The highest BCUT2D eigenvalue weighted by atomic mass is 35.5. The highest BCUT2D eigenvalue weighted by molar-refractivity contribution is 7.92. The van der Waals surface area contributed by atoms with Gasteiger partial charge in [0.05, 0.1) is 20.6 Å². The SMILES string of the molecule is Cc1ccc(S(=O)(=O)N(CC(=O)N(Cc2ccccc2C)[C@@H](Cc2ccccc2)C(=O)NC(C)(C)C)c2ccc(Cl)c(Cl)c2)cc1. The first-order chi connectivity index (χ1) is 21.7. The summed E-state index contributed by atoms with van der Waals surface area (Å²) in [5, 5.41) is 3.42. The van der Waals surface area contributed by atoms with Crippen molar-refractivity contribution < 1.29 is 18.0 Å². The molecular formula is C36H39Cl2N3O4S. The van der Waals surface area contributed by atoms with Crippen molar-refractivity contribution in [3.63, 3.8) is 0 Å². The van der Waals surface area contributed by atoms with Crippen LogP contribution in [0.25, 0.3) is 0 Å². The van der Waals surface area contributed by atoms with Crippen LogP contribution in [-0.2, 0) is 32.6 Å². The third kappa shape index (κ3) is 8.90. The van der Waals surface area contributed by atoms with Gasteiger partial charge in [-0.3, -0.25) is 13.9 Å². The molecule has 4 aromatic rings. The van der Waals surface area contributed by atoms with Crippen LogP contribution in [0.2, 0.25) is 10.0 Å². The lowest BCUT2D eigenvalue weighted by Gasteiger charge is -2.35. The molecule has 0 saturated heterocycles. The Bertz CT molecular complexity index is 1790. The van der Waals surface area contributed by atoms with E-state index in [4.69, 9.17) is 23.2 Å². The molecule has 0 spiro atoms. The smallest absolute Gasteiger partial charge is 0.264 e. The van der Waals surface area contributed by atoms with Gasteiger partial charge in [-0.1, -0.05) is 95.5 Å². The maximum atomic E-state index is 14.6. The Morgan fingerprint density at radius 1 is 0.826 bits per heavy atom. The van der Waals surface area contributed by atoms with Crippen molar-refractivity contribution in [2.45, 2.75) is 64.1 Å². The predicted octanol–water partition coefficient (Wildman–Crippen LogP) is 7.36. The Kier molecular flexibility index (Phi) is 11.2. The number of carbonyl (C=O) groups excluding carboxylic acids is 2. The van der Waals surface area contributed by atoms with Crippen LogP contribution in [0, 0.1) is 13.8 Å². The summed E-state index contributed by atoms with van der Waals surface area (Å²) in [5.74, 6) is -0.907. The maximum Gasteiger partial charge on any atom is 0.264 e. The molecule has 0 bridgehead atoms. The van der Waals surface area contributed by atoms with Gasteiger partial charge in [0.15, 0.2) is 0 Å². The largest absolute Gasteiger partial charge is 0.350 e. The van der Waals surface area contributed by atoms with E-state index in [2.05, 4.69) is 5.32 Å². The molecule has 0 aliphatic heterocycles. The van der Waals surface area contributed by atoms with E-state index in [1.54, 1.807) is 12.1 Å². The van der Waals surface area contributed by atoms with E-state index in [9.17, 15) is 18.0 Å². The minimum absolute atomic E-state index is 0.00809. The number of sulfonamides is 1. The molecule has 0 heterocycles. The fraction of sp³-hybridized carbons (Fsp3) is 0.278. The fourth-order valence-corrected chi connectivity index (χ4v) is 6.68. The summed E-state index contributed by atoms with van der Waals surface area (Å²) >= 11 is 12.5. The van der Waals surface area contributed by atoms with Crippen molar-refractivity contribution >= 4 is 50.7 Å². The lowest BCUT2D eigenvalue weighted by Crippen LogP contribution is -2.56. The summed E-state index contributed by atoms with van der Waals surface area (Å²) in [6, 6.07) is 26.9. The van der Waals surface area contributed by atoms with Crippen LogP contribution in [0.1, 0.15) is 43.0 Å². The van der Waals surface area contributed by atoms with Gasteiger partial charge < -0.3 is 10.2 Å². The van der Waals surface area contributed by atoms with Crippen molar-refractivity contribution in [3.8, 4) is 0 Å². The van der Waals surface area contributed by atoms with Gasteiger partial charge in [0.2, 0.25) is 11.8 Å². The monoisotopic (exact) mass is 679 g/mol. The summed E-state index contributed by atoms with van der Waals surface area (Å²) in [6.45, 7) is 8.90. The lowest BCUT2D eigenvalue weighted by atomic mass is 10.00. The van der Waals surface area contributed by atoms with Crippen molar-refractivity contribution in [3.05, 3.63) is 129 Å². The molecule has 46 heavy (non-hydrogen) atoms. The molecule has 0 fully saturated rings.